The van der Waals surface area contributed by atoms with Gasteiger partial charge in [-0.1, -0.05) is 23.8 Å². The van der Waals surface area contributed by atoms with Crippen LogP contribution in [0.25, 0.3) is 5.57 Å². The van der Waals surface area contributed by atoms with Gasteiger partial charge in [0, 0.05) is 39.3 Å². The van der Waals surface area contributed by atoms with Gasteiger partial charge in [-0.3, -0.25) is 19.4 Å². The third-order valence-electron chi connectivity index (χ3n) is 6.21. The molecule has 0 aromatic heterocycles. The highest BCUT2D eigenvalue weighted by Crippen LogP contribution is 2.34. The number of benzene rings is 1. The highest BCUT2D eigenvalue weighted by Gasteiger charge is 2.42. The number of hydrogen-bond donors (Lipinski definition) is 0. The van der Waals surface area contributed by atoms with Crippen LogP contribution in [-0.2, 0) is 14.3 Å². The molecule has 2 saturated heterocycles. The zero-order valence-corrected chi connectivity index (χ0v) is 17.6. The molecule has 4 rings (SSSR count). The Labute approximate surface area is 173 Å². The van der Waals surface area contributed by atoms with E-state index in [-0.39, 0.29) is 11.8 Å². The van der Waals surface area contributed by atoms with E-state index in [0.717, 1.165) is 55.7 Å². The van der Waals surface area contributed by atoms with Gasteiger partial charge < -0.3 is 9.64 Å². The molecule has 29 heavy (non-hydrogen) atoms. The number of carbonyl (C=O) groups is 2. The molecule has 0 aliphatic carbocycles. The van der Waals surface area contributed by atoms with Crippen molar-refractivity contribution in [3.63, 3.8) is 0 Å². The summed E-state index contributed by atoms with van der Waals surface area (Å²) in [5.41, 5.74) is 4.31. The summed E-state index contributed by atoms with van der Waals surface area (Å²) in [6.07, 6.45) is 3.32. The molecule has 2 fully saturated rings. The lowest BCUT2D eigenvalue weighted by Crippen LogP contribution is -2.44. The van der Waals surface area contributed by atoms with Crippen LogP contribution in [0, 0.1) is 13.8 Å². The molecule has 0 N–H and O–H groups in total. The van der Waals surface area contributed by atoms with Crippen molar-refractivity contribution in [2.75, 3.05) is 52.5 Å². The molecule has 0 unspecified atom stereocenters. The summed E-state index contributed by atoms with van der Waals surface area (Å²) in [6.45, 7) is 10.0. The van der Waals surface area contributed by atoms with Crippen molar-refractivity contribution in [1.29, 1.82) is 0 Å². The maximum atomic E-state index is 13.5. The van der Waals surface area contributed by atoms with E-state index < -0.39 is 0 Å². The minimum atomic E-state index is -0.143. The Morgan fingerprint density at radius 1 is 0.897 bits per heavy atom. The van der Waals surface area contributed by atoms with Crippen LogP contribution in [0.4, 0.5) is 0 Å². The number of rotatable bonds is 5. The van der Waals surface area contributed by atoms with E-state index in [1.807, 2.05) is 26.0 Å². The highest BCUT2D eigenvalue weighted by atomic mass is 16.5. The van der Waals surface area contributed by atoms with Crippen LogP contribution in [0.5, 0.6) is 0 Å². The first-order valence-corrected chi connectivity index (χ1v) is 10.8. The lowest BCUT2D eigenvalue weighted by atomic mass is 9.97. The third kappa shape index (κ3) is 4.09. The number of nitrogens with zero attached hydrogens (tertiary/aromatic N) is 3. The first-order chi connectivity index (χ1) is 14.1. The standard InChI is InChI=1S/C23H31N3O3/c1-17-6-7-19(18(2)16-17)20-21(25-8-4-3-5-9-25)23(28)26(22(20)27)11-10-24-12-14-29-15-13-24/h6-7,16H,3-5,8-15H2,1-2H3. The van der Waals surface area contributed by atoms with Crippen LogP contribution in [0.3, 0.4) is 0 Å². The topological polar surface area (TPSA) is 53.1 Å². The fraction of sp³-hybridized carbons (Fsp3) is 0.565. The summed E-state index contributed by atoms with van der Waals surface area (Å²) in [4.78, 5) is 32.7. The van der Waals surface area contributed by atoms with Gasteiger partial charge in [-0.15, -0.1) is 0 Å². The lowest BCUT2D eigenvalue weighted by Gasteiger charge is -2.30. The molecule has 6 nitrogen and oxygen atoms in total. The molecule has 3 aliphatic heterocycles. The van der Waals surface area contributed by atoms with Crippen LogP contribution < -0.4 is 0 Å². The molecule has 1 aromatic carbocycles. The Balaban J connectivity index is 1.64. The fourth-order valence-corrected chi connectivity index (χ4v) is 4.58. The summed E-state index contributed by atoms with van der Waals surface area (Å²) in [5.74, 6) is -0.268. The molecule has 1 aromatic rings. The van der Waals surface area contributed by atoms with Gasteiger partial charge in [-0.05, 0) is 44.2 Å². The molecule has 156 valence electrons. The second kappa shape index (κ2) is 8.67. The Morgan fingerprint density at radius 2 is 1.62 bits per heavy atom. The van der Waals surface area contributed by atoms with Gasteiger partial charge in [0.15, 0.2) is 0 Å². The summed E-state index contributed by atoms with van der Waals surface area (Å²) in [5, 5.41) is 0. The monoisotopic (exact) mass is 397 g/mol. The van der Waals surface area contributed by atoms with Crippen molar-refractivity contribution in [3.05, 3.63) is 40.6 Å². The predicted molar refractivity (Wildman–Crippen MR) is 112 cm³/mol. The fourth-order valence-electron chi connectivity index (χ4n) is 4.58. The van der Waals surface area contributed by atoms with Crippen molar-refractivity contribution in [1.82, 2.24) is 14.7 Å². The van der Waals surface area contributed by atoms with E-state index in [1.54, 1.807) is 0 Å². The first kappa shape index (κ1) is 20.1. The molecule has 6 heteroatoms. The molecule has 0 radical (unpaired) electrons. The summed E-state index contributed by atoms with van der Waals surface area (Å²) < 4.78 is 5.40. The van der Waals surface area contributed by atoms with Gasteiger partial charge in [0.25, 0.3) is 11.8 Å². The van der Waals surface area contributed by atoms with Crippen molar-refractivity contribution in [2.45, 2.75) is 33.1 Å². The largest absolute Gasteiger partial charge is 0.379 e. The Morgan fingerprint density at radius 3 is 2.31 bits per heavy atom. The van der Waals surface area contributed by atoms with E-state index in [9.17, 15) is 9.59 Å². The van der Waals surface area contributed by atoms with E-state index in [0.29, 0.717) is 37.6 Å². The highest BCUT2D eigenvalue weighted by molar-refractivity contribution is 6.35. The molecular formula is C23H31N3O3. The van der Waals surface area contributed by atoms with Crippen LogP contribution in [0.15, 0.2) is 23.9 Å². The second-order valence-corrected chi connectivity index (χ2v) is 8.31. The lowest BCUT2D eigenvalue weighted by molar-refractivity contribution is -0.138. The minimum Gasteiger partial charge on any atom is -0.379 e. The average Bonchev–Trinajstić information content (AvgIpc) is 2.98. The molecular weight excluding hydrogens is 366 g/mol. The van der Waals surface area contributed by atoms with Crippen LogP contribution >= 0.6 is 0 Å². The minimum absolute atomic E-state index is 0.125. The normalized spacial score (nSPS) is 21.4. The number of amides is 2. The number of aryl methyl sites for hydroxylation is 2. The maximum absolute atomic E-state index is 13.5. The smallest absolute Gasteiger partial charge is 0.277 e. The second-order valence-electron chi connectivity index (χ2n) is 8.31. The molecule has 0 spiro atoms. The summed E-state index contributed by atoms with van der Waals surface area (Å²) in [7, 11) is 0. The number of ether oxygens (including phenoxy) is 1. The average molecular weight is 398 g/mol. The molecule has 0 atom stereocenters. The predicted octanol–water partition coefficient (Wildman–Crippen LogP) is 2.20. The summed E-state index contributed by atoms with van der Waals surface area (Å²) in [6, 6.07) is 6.11. The summed E-state index contributed by atoms with van der Waals surface area (Å²) >= 11 is 0. The van der Waals surface area contributed by atoms with Crippen molar-refractivity contribution >= 4 is 17.4 Å². The number of carbonyl (C=O) groups excluding carboxylic acids is 2. The van der Waals surface area contributed by atoms with Crippen LogP contribution in [0.2, 0.25) is 0 Å². The van der Waals surface area contributed by atoms with Crippen molar-refractivity contribution in [2.24, 2.45) is 0 Å². The molecule has 0 saturated carbocycles. The number of morpholine rings is 1. The van der Waals surface area contributed by atoms with Crippen LogP contribution in [-0.4, -0.2) is 79.0 Å². The third-order valence-corrected chi connectivity index (χ3v) is 6.21. The zero-order chi connectivity index (χ0) is 20.4. The van der Waals surface area contributed by atoms with E-state index in [1.165, 1.54) is 11.3 Å². The van der Waals surface area contributed by atoms with Gasteiger partial charge in [-0.2, -0.15) is 0 Å². The zero-order valence-electron chi connectivity index (χ0n) is 17.6. The number of likely N-dealkylation sites (tertiary alicyclic amines) is 1. The van der Waals surface area contributed by atoms with E-state index in [4.69, 9.17) is 4.74 Å². The van der Waals surface area contributed by atoms with E-state index >= 15 is 0 Å². The van der Waals surface area contributed by atoms with Crippen LogP contribution in [0.1, 0.15) is 36.0 Å². The molecule has 0 bridgehead atoms. The molecule has 3 aliphatic rings. The maximum Gasteiger partial charge on any atom is 0.277 e. The Bertz CT molecular complexity index is 821. The van der Waals surface area contributed by atoms with Gasteiger partial charge in [0.1, 0.15) is 5.70 Å². The SMILES string of the molecule is Cc1ccc(C2=C(N3CCCCC3)C(=O)N(CCN3CCOCC3)C2=O)c(C)c1. The Hall–Kier alpha value is -2.18. The number of imide groups is 1. The van der Waals surface area contributed by atoms with Crippen molar-refractivity contribution < 1.29 is 14.3 Å². The van der Waals surface area contributed by atoms with Crippen molar-refractivity contribution in [3.8, 4) is 0 Å². The number of piperidine rings is 1. The molecule has 2 amide bonds. The first-order valence-electron chi connectivity index (χ1n) is 10.8. The van der Waals surface area contributed by atoms with Gasteiger partial charge in [0.05, 0.1) is 18.8 Å². The molecule has 3 heterocycles. The quantitative estimate of drug-likeness (QED) is 0.713. The van der Waals surface area contributed by atoms with Gasteiger partial charge in [0.2, 0.25) is 0 Å². The Kier molecular flexibility index (Phi) is 6.01. The van der Waals surface area contributed by atoms with Gasteiger partial charge >= 0.3 is 0 Å². The number of hydrogen-bond acceptors (Lipinski definition) is 5. The van der Waals surface area contributed by atoms with E-state index in [2.05, 4.69) is 15.9 Å². The van der Waals surface area contributed by atoms with Gasteiger partial charge in [-0.25, -0.2) is 0 Å².